The normalized spacial score (nSPS) is 25.4. The van der Waals surface area contributed by atoms with Crippen LogP contribution in [0.5, 0.6) is 0 Å². The molecule has 2 aliphatic rings. The molecule has 10 nitrogen and oxygen atoms in total. The number of ether oxygens (including phenoxy) is 1. The lowest BCUT2D eigenvalue weighted by atomic mass is 9.76. The summed E-state index contributed by atoms with van der Waals surface area (Å²) in [5.41, 5.74) is 10.7. The summed E-state index contributed by atoms with van der Waals surface area (Å²) in [6.07, 6.45) is 6.90. The van der Waals surface area contributed by atoms with Crippen molar-refractivity contribution in [3.8, 4) is 0 Å². The fourth-order valence-corrected chi connectivity index (χ4v) is 6.37. The van der Waals surface area contributed by atoms with E-state index in [9.17, 15) is 5.11 Å². The summed E-state index contributed by atoms with van der Waals surface area (Å²) in [4.78, 5) is 23.6. The second kappa shape index (κ2) is 10.4. The van der Waals surface area contributed by atoms with Gasteiger partial charge in [0.05, 0.1) is 23.5 Å². The lowest BCUT2D eigenvalue weighted by Crippen LogP contribution is -2.50. The van der Waals surface area contributed by atoms with Crippen molar-refractivity contribution in [2.24, 2.45) is 5.92 Å². The molecular formula is C30H42N8O2. The highest BCUT2D eigenvalue weighted by Crippen LogP contribution is 2.38. The molecule has 2 unspecified atom stereocenters. The van der Waals surface area contributed by atoms with Gasteiger partial charge < -0.3 is 20.6 Å². The molecule has 2 fully saturated rings. The highest BCUT2D eigenvalue weighted by atomic mass is 16.5. The number of hydrogen-bond donors (Lipinski definition) is 3. The Hall–Kier alpha value is -3.08. The van der Waals surface area contributed by atoms with Crippen LogP contribution in [0.2, 0.25) is 0 Å². The van der Waals surface area contributed by atoms with Gasteiger partial charge in [0, 0.05) is 31.5 Å². The molecule has 0 radical (unpaired) electrons. The maximum Gasteiger partial charge on any atom is 0.167 e. The second-order valence-corrected chi connectivity index (χ2v) is 13.0. The zero-order valence-corrected chi connectivity index (χ0v) is 24.2. The van der Waals surface area contributed by atoms with E-state index in [1.54, 1.807) is 10.9 Å². The van der Waals surface area contributed by atoms with Gasteiger partial charge in [-0.25, -0.2) is 19.9 Å². The van der Waals surface area contributed by atoms with Gasteiger partial charge in [0.1, 0.15) is 23.8 Å². The van der Waals surface area contributed by atoms with Gasteiger partial charge in [0.2, 0.25) is 0 Å². The highest BCUT2D eigenvalue weighted by Gasteiger charge is 2.40. The number of fused-ring (bicyclic) bond motifs is 2. The van der Waals surface area contributed by atoms with E-state index >= 15 is 0 Å². The van der Waals surface area contributed by atoms with Gasteiger partial charge in [-0.3, -0.25) is 9.47 Å². The van der Waals surface area contributed by atoms with Crippen molar-refractivity contribution < 1.29 is 9.84 Å². The molecule has 0 spiro atoms. The zero-order chi connectivity index (χ0) is 28.2. The number of rotatable bonds is 8. The van der Waals surface area contributed by atoms with Crippen LogP contribution in [0.15, 0.2) is 30.9 Å². The smallest absolute Gasteiger partial charge is 0.167 e. The van der Waals surface area contributed by atoms with Gasteiger partial charge in [0.25, 0.3) is 0 Å². The number of H-pyrrole nitrogens is 1. The molecule has 3 atom stereocenters. The predicted octanol–water partition coefficient (Wildman–Crippen LogP) is 4.35. The molecule has 4 N–H and O–H groups in total. The fraction of sp³-hybridized carbons (Fsp3) is 0.600. The quantitative estimate of drug-likeness (QED) is 0.297. The molecule has 1 aliphatic carbocycles. The maximum absolute atomic E-state index is 10.9. The highest BCUT2D eigenvalue weighted by molar-refractivity contribution is 5.81. The van der Waals surface area contributed by atoms with Crippen LogP contribution in [-0.2, 0) is 16.6 Å². The Morgan fingerprint density at radius 3 is 2.73 bits per heavy atom. The summed E-state index contributed by atoms with van der Waals surface area (Å²) in [7, 11) is 0. The summed E-state index contributed by atoms with van der Waals surface area (Å²) in [5, 5.41) is 10.9. The lowest BCUT2D eigenvalue weighted by molar-refractivity contribution is -0.0577. The molecular weight excluding hydrogens is 504 g/mol. The molecule has 214 valence electrons. The Labute approximate surface area is 235 Å². The van der Waals surface area contributed by atoms with Crippen molar-refractivity contribution in [2.45, 2.75) is 103 Å². The van der Waals surface area contributed by atoms with E-state index in [0.29, 0.717) is 41.4 Å². The number of nitrogens with one attached hydrogen (secondary N) is 1. The number of aromatic nitrogens is 6. The molecule has 1 saturated heterocycles. The molecule has 10 heteroatoms. The van der Waals surface area contributed by atoms with Crippen molar-refractivity contribution in [1.82, 2.24) is 34.4 Å². The largest absolute Gasteiger partial charge is 0.388 e. The number of anilines is 1. The van der Waals surface area contributed by atoms with E-state index < -0.39 is 12.3 Å². The van der Waals surface area contributed by atoms with Crippen LogP contribution < -0.4 is 5.73 Å². The first-order chi connectivity index (χ1) is 19.1. The number of aliphatic hydroxyl groups is 1. The Kier molecular flexibility index (Phi) is 7.04. The van der Waals surface area contributed by atoms with Gasteiger partial charge in [-0.2, -0.15) is 0 Å². The first kappa shape index (κ1) is 27.1. The molecule has 6 rings (SSSR count). The Morgan fingerprint density at radius 1 is 1.18 bits per heavy atom. The predicted molar refractivity (Wildman–Crippen MR) is 156 cm³/mol. The number of aliphatic hydroxyl groups excluding tert-OH is 1. The van der Waals surface area contributed by atoms with Gasteiger partial charge >= 0.3 is 0 Å². The third kappa shape index (κ3) is 5.20. The number of aryl methyl sites for hydroxylation is 1. The van der Waals surface area contributed by atoms with E-state index in [0.717, 1.165) is 36.2 Å². The van der Waals surface area contributed by atoms with E-state index in [1.807, 2.05) is 0 Å². The molecule has 40 heavy (non-hydrogen) atoms. The van der Waals surface area contributed by atoms with E-state index in [2.05, 4.69) is 77.7 Å². The van der Waals surface area contributed by atoms with Gasteiger partial charge in [0.15, 0.2) is 17.7 Å². The Bertz CT molecular complexity index is 1480. The molecule has 1 aliphatic heterocycles. The van der Waals surface area contributed by atoms with Crippen LogP contribution in [-0.4, -0.2) is 70.3 Å². The lowest BCUT2D eigenvalue weighted by Gasteiger charge is -2.46. The average molecular weight is 547 g/mol. The van der Waals surface area contributed by atoms with Crippen molar-refractivity contribution in [2.75, 3.05) is 12.3 Å². The second-order valence-electron chi connectivity index (χ2n) is 13.0. The van der Waals surface area contributed by atoms with Crippen LogP contribution >= 0.6 is 0 Å². The summed E-state index contributed by atoms with van der Waals surface area (Å²) in [5.74, 6) is 2.12. The van der Waals surface area contributed by atoms with Crippen molar-refractivity contribution in [1.29, 1.82) is 0 Å². The number of nitrogen functional groups attached to an aromatic ring is 1. The van der Waals surface area contributed by atoms with E-state index in [1.165, 1.54) is 24.7 Å². The van der Waals surface area contributed by atoms with Crippen LogP contribution in [0.25, 0.3) is 22.2 Å². The number of aromatic amines is 1. The summed E-state index contributed by atoms with van der Waals surface area (Å²) in [6.45, 7) is 12.0. The van der Waals surface area contributed by atoms with Crippen LogP contribution in [0.4, 0.5) is 5.82 Å². The van der Waals surface area contributed by atoms with E-state index in [-0.39, 0.29) is 11.5 Å². The third-order valence-electron chi connectivity index (χ3n) is 8.77. The minimum Gasteiger partial charge on any atom is -0.388 e. The van der Waals surface area contributed by atoms with Gasteiger partial charge in [-0.15, -0.1) is 0 Å². The molecule has 0 amide bonds. The topological polar surface area (TPSA) is 131 Å². The molecule has 1 aromatic carbocycles. The number of nitrogens with zero attached hydrogens (tertiary/aromatic N) is 6. The minimum absolute atomic E-state index is 0.0633. The monoisotopic (exact) mass is 546 g/mol. The third-order valence-corrected chi connectivity index (χ3v) is 8.77. The van der Waals surface area contributed by atoms with E-state index in [4.69, 9.17) is 15.5 Å². The molecule has 1 saturated carbocycles. The first-order valence-corrected chi connectivity index (χ1v) is 14.6. The molecule has 4 aromatic rings. The molecule has 4 heterocycles. The van der Waals surface area contributed by atoms with Crippen molar-refractivity contribution in [3.63, 3.8) is 0 Å². The number of hydrogen-bond acceptors (Lipinski definition) is 8. The molecule has 0 bridgehead atoms. The standard InChI is InChI=1S/C30H42N8O2/c1-17(2)37(14-21-13-24(39)29(40-21)38-16-34-26-27(31)32-15-33-28(26)38)20-10-18(11-20)6-9-25-35-22-8-7-19(30(3,4)5)12-23(22)36-25/h7-8,12,15-18,20-21,24,29,39H,6,9-11,13-14H2,1-5H3,(H,35,36)(H2,31,32,33)/t18?,20?,21?,24-,29?/m1/s1. The summed E-state index contributed by atoms with van der Waals surface area (Å²) < 4.78 is 8.15. The van der Waals surface area contributed by atoms with Crippen LogP contribution in [0, 0.1) is 5.92 Å². The van der Waals surface area contributed by atoms with Crippen molar-refractivity contribution in [3.05, 3.63) is 42.2 Å². The Balaban J connectivity index is 1.03. The molecule has 3 aromatic heterocycles. The minimum atomic E-state index is -0.634. The first-order valence-electron chi connectivity index (χ1n) is 14.6. The van der Waals surface area contributed by atoms with Crippen molar-refractivity contribution >= 4 is 28.0 Å². The van der Waals surface area contributed by atoms with Crippen LogP contribution in [0.1, 0.15) is 77.9 Å². The van der Waals surface area contributed by atoms with Gasteiger partial charge in [-0.1, -0.05) is 26.8 Å². The fourth-order valence-electron chi connectivity index (χ4n) is 6.37. The number of nitrogens with two attached hydrogens (primary N) is 1. The SMILES string of the molecule is CC(C)N(CC1C[C@@H](O)C(n2cnc3c(N)ncnc32)O1)C1CC(CCc2nc3ccc(C(C)(C)C)cc3[nH]2)C1. The number of imidazole rings is 2. The van der Waals surface area contributed by atoms with Gasteiger partial charge in [-0.05, 0) is 62.1 Å². The summed E-state index contributed by atoms with van der Waals surface area (Å²) in [6, 6.07) is 7.52. The zero-order valence-electron chi connectivity index (χ0n) is 24.2. The maximum atomic E-state index is 10.9. The van der Waals surface area contributed by atoms with Crippen LogP contribution in [0.3, 0.4) is 0 Å². The average Bonchev–Trinajstić information content (AvgIpc) is 3.57. The Morgan fingerprint density at radius 2 is 1.98 bits per heavy atom. The summed E-state index contributed by atoms with van der Waals surface area (Å²) >= 11 is 0. The number of benzene rings is 1.